The molecule has 2 unspecified atom stereocenters. The van der Waals surface area contributed by atoms with Gasteiger partial charge in [-0.25, -0.2) is 8.78 Å². The van der Waals surface area contributed by atoms with E-state index in [1.807, 2.05) is 0 Å². The molecule has 0 aliphatic carbocycles. The lowest BCUT2D eigenvalue weighted by molar-refractivity contribution is -0.145. The third-order valence-electron chi connectivity index (χ3n) is 4.99. The normalized spacial score (nSPS) is 13.0. The summed E-state index contributed by atoms with van der Waals surface area (Å²) in [5.74, 6) is -1.19. The number of benzene rings is 2. The van der Waals surface area contributed by atoms with Crippen molar-refractivity contribution in [2.45, 2.75) is 32.0 Å². The van der Waals surface area contributed by atoms with Crippen LogP contribution in [-0.2, 0) is 16.6 Å². The monoisotopic (exact) mass is 484 g/mol. The quantitative estimate of drug-likeness (QED) is 0.336. The molecule has 0 fully saturated rings. The molecule has 0 radical (unpaired) electrons. The number of hydrogen-bond donors (Lipinski definition) is 2. The highest BCUT2D eigenvalue weighted by Crippen LogP contribution is 2.32. The Morgan fingerprint density at radius 3 is 2.11 bits per heavy atom. The molecule has 0 aliphatic rings. The fraction of sp³-hybridized carbons (Fsp3) is 0.280. The summed E-state index contributed by atoms with van der Waals surface area (Å²) in [7, 11) is 1.59. The second-order valence-corrected chi connectivity index (χ2v) is 7.73. The molecule has 2 N–H and O–H groups in total. The first-order valence-electron chi connectivity index (χ1n) is 11.0. The summed E-state index contributed by atoms with van der Waals surface area (Å²) in [5, 5.41) is 32.8. The highest BCUT2D eigenvalue weighted by molar-refractivity contribution is 6.00. The van der Waals surface area contributed by atoms with Crippen molar-refractivity contribution in [2.75, 3.05) is 6.61 Å². The van der Waals surface area contributed by atoms with Gasteiger partial charge in [-0.2, -0.15) is 4.80 Å². The molecular weight excluding hydrogens is 458 g/mol. The summed E-state index contributed by atoms with van der Waals surface area (Å²) < 4.78 is 32.1. The number of aryl methyl sites for hydroxylation is 1. The number of rotatable bonds is 10. The Hall–Kier alpha value is -3.76. The van der Waals surface area contributed by atoms with Crippen molar-refractivity contribution in [3.05, 3.63) is 89.3 Å². The van der Waals surface area contributed by atoms with Gasteiger partial charge in [-0.3, -0.25) is 4.79 Å². The summed E-state index contributed by atoms with van der Waals surface area (Å²) in [6.45, 7) is 1.86. The zero-order valence-corrected chi connectivity index (χ0v) is 19.3. The number of hydrogen-bond acceptors (Lipinski definition) is 7. The largest absolute Gasteiger partial charge is 0.466 e. The molecule has 10 heteroatoms. The number of allylic oxidation sites excluding steroid dienone is 2. The van der Waals surface area contributed by atoms with Gasteiger partial charge in [-0.15, -0.1) is 10.2 Å². The summed E-state index contributed by atoms with van der Waals surface area (Å²) in [5.41, 5.74) is 2.17. The molecular formula is C25H26F2N4O4. The van der Waals surface area contributed by atoms with E-state index in [9.17, 15) is 23.8 Å². The van der Waals surface area contributed by atoms with E-state index < -0.39 is 29.8 Å². The van der Waals surface area contributed by atoms with Crippen molar-refractivity contribution in [1.82, 2.24) is 20.2 Å². The molecule has 0 aliphatic heterocycles. The standard InChI is InChI=1S/C25H26F2N4O4/c1-3-35-23(34)15-21(33)14-20(32)12-13-22(25-28-30-31(2)29-25)24(16-4-8-18(26)9-5-16)17-6-10-19(27)11-7-17/h4-13,20-21,32-33H,3,14-15H2,1-2H3. The number of aliphatic hydroxyl groups excluding tert-OH is 2. The van der Waals surface area contributed by atoms with Gasteiger partial charge in [0.15, 0.2) is 0 Å². The van der Waals surface area contributed by atoms with Crippen LogP contribution >= 0.6 is 0 Å². The van der Waals surface area contributed by atoms with Crippen molar-refractivity contribution in [1.29, 1.82) is 0 Å². The first-order valence-corrected chi connectivity index (χ1v) is 11.0. The zero-order valence-electron chi connectivity index (χ0n) is 19.3. The summed E-state index contributed by atoms with van der Waals surface area (Å²) in [6.07, 6.45) is 0.398. The molecule has 0 saturated carbocycles. The Labute approximate surface area is 201 Å². The second kappa shape index (κ2) is 12.1. The summed E-state index contributed by atoms with van der Waals surface area (Å²) in [4.78, 5) is 12.8. The predicted octanol–water partition coefficient (Wildman–Crippen LogP) is 3.07. The van der Waals surface area contributed by atoms with Crippen molar-refractivity contribution in [3.63, 3.8) is 0 Å². The van der Waals surface area contributed by atoms with E-state index >= 15 is 0 Å². The molecule has 0 spiro atoms. The maximum atomic E-state index is 13.6. The van der Waals surface area contributed by atoms with Crippen molar-refractivity contribution >= 4 is 17.1 Å². The van der Waals surface area contributed by atoms with Gasteiger partial charge in [0.25, 0.3) is 0 Å². The third kappa shape index (κ3) is 7.36. The van der Waals surface area contributed by atoms with Gasteiger partial charge in [0.05, 0.1) is 32.3 Å². The number of aliphatic hydroxyl groups is 2. The molecule has 0 saturated heterocycles. The zero-order chi connectivity index (χ0) is 25.4. The number of ether oxygens (including phenoxy) is 1. The van der Waals surface area contributed by atoms with Gasteiger partial charge in [-0.05, 0) is 47.5 Å². The number of esters is 1. The molecule has 1 aromatic heterocycles. The molecule has 8 nitrogen and oxygen atoms in total. The Kier molecular flexibility index (Phi) is 8.93. The highest BCUT2D eigenvalue weighted by atomic mass is 19.1. The smallest absolute Gasteiger partial charge is 0.308 e. The Bertz CT molecular complexity index is 1140. The number of carbonyl (C=O) groups is 1. The molecule has 3 rings (SSSR count). The van der Waals surface area contributed by atoms with Crippen LogP contribution in [0.25, 0.3) is 11.1 Å². The number of aromatic nitrogens is 4. The molecule has 2 aromatic carbocycles. The fourth-order valence-electron chi connectivity index (χ4n) is 3.43. The maximum absolute atomic E-state index is 13.6. The van der Waals surface area contributed by atoms with E-state index in [2.05, 4.69) is 15.4 Å². The molecule has 0 bridgehead atoms. The second-order valence-electron chi connectivity index (χ2n) is 7.73. The van der Waals surface area contributed by atoms with E-state index in [0.29, 0.717) is 22.3 Å². The Balaban J connectivity index is 2.03. The van der Waals surface area contributed by atoms with Gasteiger partial charge in [0, 0.05) is 17.6 Å². The van der Waals surface area contributed by atoms with E-state index in [0.717, 1.165) is 0 Å². The van der Waals surface area contributed by atoms with E-state index in [-0.39, 0.29) is 25.3 Å². The fourth-order valence-corrected chi connectivity index (χ4v) is 3.43. The van der Waals surface area contributed by atoms with Crippen molar-refractivity contribution < 1.29 is 28.5 Å². The summed E-state index contributed by atoms with van der Waals surface area (Å²) in [6, 6.07) is 11.5. The van der Waals surface area contributed by atoms with Crippen LogP contribution in [0, 0.1) is 11.6 Å². The highest BCUT2D eigenvalue weighted by Gasteiger charge is 2.18. The van der Waals surface area contributed by atoms with Gasteiger partial charge in [0.1, 0.15) is 11.6 Å². The summed E-state index contributed by atoms with van der Waals surface area (Å²) >= 11 is 0. The van der Waals surface area contributed by atoms with Gasteiger partial charge in [0.2, 0.25) is 5.82 Å². The predicted molar refractivity (Wildman–Crippen MR) is 125 cm³/mol. The number of carbonyl (C=O) groups excluding carboxylic acids is 1. The van der Waals surface area contributed by atoms with Gasteiger partial charge >= 0.3 is 5.97 Å². The average molecular weight is 485 g/mol. The molecule has 3 aromatic rings. The minimum absolute atomic E-state index is 0.112. The topological polar surface area (TPSA) is 110 Å². The first-order chi connectivity index (χ1) is 16.8. The van der Waals surface area contributed by atoms with Crippen LogP contribution in [0.2, 0.25) is 0 Å². The minimum atomic E-state index is -1.12. The van der Waals surface area contributed by atoms with E-state index in [1.54, 1.807) is 44.3 Å². The minimum Gasteiger partial charge on any atom is -0.466 e. The lowest BCUT2D eigenvalue weighted by atomic mass is 9.92. The lowest BCUT2D eigenvalue weighted by Crippen LogP contribution is -2.20. The van der Waals surface area contributed by atoms with Crippen LogP contribution in [-0.4, -0.2) is 55.2 Å². The van der Waals surface area contributed by atoms with Crippen LogP contribution in [0.1, 0.15) is 36.7 Å². The molecule has 0 amide bonds. The van der Waals surface area contributed by atoms with Crippen molar-refractivity contribution in [2.24, 2.45) is 7.05 Å². The molecule has 184 valence electrons. The van der Waals surface area contributed by atoms with Gasteiger partial charge in [-0.1, -0.05) is 36.4 Å². The Morgan fingerprint density at radius 2 is 1.63 bits per heavy atom. The van der Waals surface area contributed by atoms with Gasteiger partial charge < -0.3 is 14.9 Å². The van der Waals surface area contributed by atoms with Crippen LogP contribution in [0.3, 0.4) is 0 Å². The number of tetrazole rings is 1. The number of halogens is 2. The van der Waals surface area contributed by atoms with Crippen LogP contribution < -0.4 is 0 Å². The van der Waals surface area contributed by atoms with E-state index in [4.69, 9.17) is 4.74 Å². The molecule has 1 heterocycles. The molecule has 35 heavy (non-hydrogen) atoms. The van der Waals surface area contributed by atoms with E-state index in [1.165, 1.54) is 35.1 Å². The first kappa shape index (κ1) is 25.9. The molecule has 2 atom stereocenters. The maximum Gasteiger partial charge on any atom is 0.308 e. The number of nitrogens with zero attached hydrogens (tertiary/aromatic N) is 4. The van der Waals surface area contributed by atoms with Crippen LogP contribution in [0.15, 0.2) is 60.7 Å². The SMILES string of the molecule is CCOC(=O)CC(O)CC(O)C=CC(=C(c1ccc(F)cc1)c1ccc(F)cc1)c1nnn(C)n1. The average Bonchev–Trinajstić information content (AvgIpc) is 3.24. The lowest BCUT2D eigenvalue weighted by Gasteiger charge is -2.14. The van der Waals surface area contributed by atoms with Crippen molar-refractivity contribution in [3.8, 4) is 0 Å². The van der Waals surface area contributed by atoms with Crippen LogP contribution in [0.5, 0.6) is 0 Å². The third-order valence-corrected chi connectivity index (χ3v) is 4.99. The Morgan fingerprint density at radius 1 is 1.06 bits per heavy atom. The van der Waals surface area contributed by atoms with Crippen LogP contribution in [0.4, 0.5) is 8.78 Å².